The third-order valence-electron chi connectivity index (χ3n) is 1.12. The van der Waals surface area contributed by atoms with Gasteiger partial charge in [-0.1, -0.05) is 6.92 Å². The predicted molar refractivity (Wildman–Crippen MR) is 38.5 cm³/mol. The predicted octanol–water partition coefficient (Wildman–Crippen LogP) is 1.78. The molecule has 0 spiro atoms. The number of hydrogen-bond donors (Lipinski definition) is 0. The van der Waals surface area contributed by atoms with Crippen LogP contribution in [0.4, 0.5) is 0 Å². The van der Waals surface area contributed by atoms with Crippen LogP contribution in [0.3, 0.4) is 0 Å². The Balaban J connectivity index is 0.000000810. The van der Waals surface area contributed by atoms with Gasteiger partial charge in [0.05, 0.1) is 0 Å². The summed E-state index contributed by atoms with van der Waals surface area (Å²) in [7, 11) is 0. The quantitative estimate of drug-likeness (QED) is 0.493. The van der Waals surface area contributed by atoms with Crippen molar-refractivity contribution in [3.05, 3.63) is 40.8 Å². The summed E-state index contributed by atoms with van der Waals surface area (Å²) in [6.07, 6.45) is 1.05. The van der Waals surface area contributed by atoms with Crippen LogP contribution in [0.5, 0.6) is 0 Å². The number of rotatable bonds is 1. The minimum atomic E-state index is 0. The molecule has 1 rings (SSSR count). The molecule has 2 heteroatoms. The average molecular weight is 206 g/mol. The molecule has 0 bridgehead atoms. The van der Waals surface area contributed by atoms with E-state index in [1.54, 1.807) is 6.07 Å². The van der Waals surface area contributed by atoms with Crippen LogP contribution in [0.1, 0.15) is 11.1 Å². The Morgan fingerprint density at radius 3 is 2.70 bits per heavy atom. The van der Waals surface area contributed by atoms with Gasteiger partial charge in [-0.3, -0.25) is 6.21 Å². The number of nitrogens with zero attached hydrogens (tertiary/aromatic N) is 1. The van der Waals surface area contributed by atoms with Gasteiger partial charge in [-0.2, -0.15) is 5.56 Å². The first-order chi connectivity index (χ1) is 4.33. The minimum Gasteiger partial charge on any atom is -0.862 e. The van der Waals surface area contributed by atoms with Crippen LogP contribution < -0.4 is 0 Å². The largest absolute Gasteiger partial charge is 0.862 e. The second-order valence-electron chi connectivity index (χ2n) is 1.95. The van der Waals surface area contributed by atoms with E-state index >= 15 is 0 Å². The first-order valence-electron chi connectivity index (χ1n) is 2.78. The third-order valence-corrected chi connectivity index (χ3v) is 1.12. The molecule has 1 radical (unpaired) electrons. The van der Waals surface area contributed by atoms with Gasteiger partial charge in [-0.05, 0) is 0 Å². The van der Waals surface area contributed by atoms with Crippen molar-refractivity contribution < 1.29 is 32.7 Å². The zero-order chi connectivity index (χ0) is 6.69. The van der Waals surface area contributed by atoms with E-state index in [9.17, 15) is 0 Å². The van der Waals surface area contributed by atoms with Crippen LogP contribution in [-0.4, -0.2) is 6.21 Å². The van der Waals surface area contributed by atoms with E-state index in [4.69, 9.17) is 5.41 Å². The first-order valence-corrected chi connectivity index (χ1v) is 2.78. The number of aryl methyl sites for hydroxylation is 1. The van der Waals surface area contributed by atoms with E-state index in [0.29, 0.717) is 0 Å². The average Bonchev–Trinajstić information content (AvgIpc) is 1.88. The molecule has 10 heavy (non-hydrogen) atoms. The molecular weight excluding hydrogens is 199 g/mol. The molecule has 0 heterocycles. The minimum absolute atomic E-state index is 0. The van der Waals surface area contributed by atoms with Crippen molar-refractivity contribution in [1.82, 2.24) is 0 Å². The van der Waals surface area contributed by atoms with Gasteiger partial charge in [0, 0.05) is 32.7 Å². The van der Waals surface area contributed by atoms with Crippen molar-refractivity contribution in [1.29, 1.82) is 0 Å². The first kappa shape index (κ1) is 9.99. The van der Waals surface area contributed by atoms with Crippen molar-refractivity contribution in [2.45, 2.75) is 6.92 Å². The molecule has 0 aromatic heterocycles. The van der Waals surface area contributed by atoms with Gasteiger partial charge in [0.25, 0.3) is 0 Å². The Hall–Kier alpha value is -0.00610. The molecule has 0 aliphatic rings. The van der Waals surface area contributed by atoms with Gasteiger partial charge in [0.2, 0.25) is 0 Å². The van der Waals surface area contributed by atoms with E-state index in [0.717, 1.165) is 17.3 Å². The van der Waals surface area contributed by atoms with Gasteiger partial charge < -0.3 is 5.41 Å². The van der Waals surface area contributed by atoms with Crippen molar-refractivity contribution in [2.75, 3.05) is 0 Å². The summed E-state index contributed by atoms with van der Waals surface area (Å²) in [6.45, 7) is 1.97. The maximum atomic E-state index is 8.51. The second-order valence-corrected chi connectivity index (χ2v) is 1.95. The monoisotopic (exact) mass is 206 g/mol. The molecule has 49 valence electrons. The molecule has 0 saturated heterocycles. The molecule has 1 aromatic rings. The summed E-state index contributed by atoms with van der Waals surface area (Å²) in [6, 6.07) is 8.44. The molecule has 1 aromatic carbocycles. The molecule has 0 amide bonds. The van der Waals surface area contributed by atoms with Gasteiger partial charge in [-0.15, -0.1) is 29.8 Å². The van der Waals surface area contributed by atoms with E-state index in [1.165, 1.54) is 0 Å². The number of hydrogen-bond acceptors (Lipinski definition) is 0. The van der Waals surface area contributed by atoms with E-state index in [-0.39, 0.29) is 32.7 Å². The second kappa shape index (κ2) is 4.76. The summed E-state index contributed by atoms with van der Waals surface area (Å²) < 4.78 is 0. The standard InChI is InChI=1S/C8H7N.Y/c1-7-3-2-4-8(5-7)6-9;/h2-3,5-6H,1H3;/q-2;. The Bertz CT molecular complexity index is 220. The van der Waals surface area contributed by atoms with Crippen LogP contribution in [-0.2, 0) is 32.7 Å². The summed E-state index contributed by atoms with van der Waals surface area (Å²) in [5, 5.41) is 8.51. The molecule has 0 aliphatic carbocycles. The Kier molecular flexibility index (Phi) is 4.75. The van der Waals surface area contributed by atoms with E-state index in [1.807, 2.05) is 19.1 Å². The Morgan fingerprint density at radius 1 is 1.60 bits per heavy atom. The Labute approximate surface area is 86.2 Å². The van der Waals surface area contributed by atoms with Gasteiger partial charge in [-0.25, -0.2) is 0 Å². The van der Waals surface area contributed by atoms with Crippen LogP contribution in [0.15, 0.2) is 18.2 Å². The van der Waals surface area contributed by atoms with Gasteiger partial charge in [0.1, 0.15) is 0 Å². The van der Waals surface area contributed by atoms with Gasteiger partial charge >= 0.3 is 0 Å². The summed E-state index contributed by atoms with van der Waals surface area (Å²) >= 11 is 0. The van der Waals surface area contributed by atoms with E-state index in [2.05, 4.69) is 6.07 Å². The smallest absolute Gasteiger partial charge is 0 e. The maximum Gasteiger partial charge on any atom is 0 e. The van der Waals surface area contributed by atoms with Crippen LogP contribution in [0.2, 0.25) is 0 Å². The van der Waals surface area contributed by atoms with Crippen LogP contribution >= 0.6 is 0 Å². The molecule has 0 aliphatic heterocycles. The molecule has 0 unspecified atom stereocenters. The fraction of sp³-hybridized carbons (Fsp3) is 0.125. The fourth-order valence-electron chi connectivity index (χ4n) is 0.679. The normalized spacial score (nSPS) is 8.10. The fourth-order valence-corrected chi connectivity index (χ4v) is 0.679. The third kappa shape index (κ3) is 2.72. The van der Waals surface area contributed by atoms with E-state index < -0.39 is 0 Å². The molecule has 0 atom stereocenters. The van der Waals surface area contributed by atoms with Gasteiger partial charge in [0.15, 0.2) is 0 Å². The summed E-state index contributed by atoms with van der Waals surface area (Å²) in [5.41, 5.74) is 1.86. The Morgan fingerprint density at radius 2 is 2.30 bits per heavy atom. The zero-order valence-corrected chi connectivity index (χ0v) is 8.67. The van der Waals surface area contributed by atoms with Crippen molar-refractivity contribution in [3.8, 4) is 0 Å². The number of benzene rings is 1. The zero-order valence-electron chi connectivity index (χ0n) is 5.83. The maximum absolute atomic E-state index is 8.51. The SMILES string of the molecule is Cc1cc[c-]c(C=[N-])c1.[Y]. The molecule has 0 saturated carbocycles. The molecule has 0 N–H and O–H groups in total. The van der Waals surface area contributed by atoms with Crippen molar-refractivity contribution >= 4 is 6.21 Å². The van der Waals surface area contributed by atoms with Crippen molar-refractivity contribution in [2.24, 2.45) is 0 Å². The molecular formula is C8H7NY-2. The summed E-state index contributed by atoms with van der Waals surface area (Å²) in [5.74, 6) is 0. The molecule has 0 fully saturated rings. The topological polar surface area (TPSA) is 22.3 Å². The molecule has 1 nitrogen and oxygen atoms in total. The van der Waals surface area contributed by atoms with Crippen LogP contribution in [0.25, 0.3) is 5.41 Å². The van der Waals surface area contributed by atoms with Crippen LogP contribution in [0, 0.1) is 13.0 Å². The van der Waals surface area contributed by atoms with Crippen molar-refractivity contribution in [3.63, 3.8) is 0 Å². The summed E-state index contributed by atoms with van der Waals surface area (Å²) in [4.78, 5) is 0.